The number of aryl methyl sites for hydroxylation is 1. The number of carbonyl (C=O) groups excluding carboxylic acids is 1. The predicted octanol–water partition coefficient (Wildman–Crippen LogP) is 4.12. The Bertz CT molecular complexity index is 623. The molecule has 0 N–H and O–H groups in total. The Hall–Kier alpha value is -1.55. The van der Waals surface area contributed by atoms with Gasteiger partial charge in [0.1, 0.15) is 6.61 Å². The second kappa shape index (κ2) is 9.09. The summed E-state index contributed by atoms with van der Waals surface area (Å²) in [5.41, 5.74) is 2.54. The highest BCUT2D eigenvalue weighted by Gasteiger charge is 2.32. The van der Waals surface area contributed by atoms with Crippen molar-refractivity contribution in [3.05, 3.63) is 29.8 Å². The summed E-state index contributed by atoms with van der Waals surface area (Å²) in [6.07, 6.45) is 3.85. The van der Waals surface area contributed by atoms with Crippen molar-refractivity contribution in [1.82, 2.24) is 4.90 Å². The molecular weight excluding hydrogens is 336 g/mol. The fourth-order valence-electron chi connectivity index (χ4n) is 4.61. The molecule has 4 nitrogen and oxygen atoms in total. The van der Waals surface area contributed by atoms with Gasteiger partial charge in [0.05, 0.1) is 6.10 Å². The van der Waals surface area contributed by atoms with E-state index < -0.39 is 0 Å². The van der Waals surface area contributed by atoms with Crippen LogP contribution in [0.3, 0.4) is 0 Å². The molecule has 1 aliphatic carbocycles. The zero-order valence-electron chi connectivity index (χ0n) is 17.5. The topological polar surface area (TPSA) is 32.8 Å². The standard InChI is InChI=1S/C23H36N2O2/c1-17(2)21-9-8-19(4)15-22(21)27-16-23(26)25-12-10-24(11-13-25)20-7-5-6-18(3)14-20/h5-7,14,17,19,21-22H,8-13,15-16H2,1-4H3/t19-,21-,22+/m0/s1. The van der Waals surface area contributed by atoms with Gasteiger partial charge in [-0.25, -0.2) is 0 Å². The van der Waals surface area contributed by atoms with Crippen molar-refractivity contribution < 1.29 is 9.53 Å². The minimum Gasteiger partial charge on any atom is -0.368 e. The van der Waals surface area contributed by atoms with Crippen molar-refractivity contribution in [3.63, 3.8) is 0 Å². The predicted molar refractivity (Wildman–Crippen MR) is 111 cm³/mol. The van der Waals surface area contributed by atoms with Crippen LogP contribution in [0.2, 0.25) is 0 Å². The lowest BCUT2D eigenvalue weighted by molar-refractivity contribution is -0.141. The molecule has 3 atom stereocenters. The van der Waals surface area contributed by atoms with Gasteiger partial charge >= 0.3 is 0 Å². The first-order chi connectivity index (χ1) is 12.9. The van der Waals surface area contributed by atoms with Crippen molar-refractivity contribution in [3.8, 4) is 0 Å². The van der Waals surface area contributed by atoms with Gasteiger partial charge in [-0.2, -0.15) is 0 Å². The highest BCUT2D eigenvalue weighted by atomic mass is 16.5. The number of piperazine rings is 1. The summed E-state index contributed by atoms with van der Waals surface area (Å²) in [5.74, 6) is 2.07. The van der Waals surface area contributed by atoms with Gasteiger partial charge in [-0.3, -0.25) is 4.79 Å². The molecule has 0 spiro atoms. The van der Waals surface area contributed by atoms with Crippen LogP contribution in [0.1, 0.15) is 45.6 Å². The van der Waals surface area contributed by atoms with Crippen LogP contribution in [-0.2, 0) is 9.53 Å². The average molecular weight is 373 g/mol. The first kappa shape index (κ1) is 20.2. The zero-order chi connectivity index (χ0) is 19.4. The molecule has 1 saturated heterocycles. The summed E-state index contributed by atoms with van der Waals surface area (Å²) < 4.78 is 6.16. The highest BCUT2D eigenvalue weighted by molar-refractivity contribution is 5.77. The molecule has 0 radical (unpaired) electrons. The minimum absolute atomic E-state index is 0.152. The van der Waals surface area contributed by atoms with E-state index >= 15 is 0 Å². The molecule has 0 bridgehead atoms. The van der Waals surface area contributed by atoms with Crippen LogP contribution in [0.15, 0.2) is 24.3 Å². The van der Waals surface area contributed by atoms with Gasteiger partial charge in [0.25, 0.3) is 0 Å². The van der Waals surface area contributed by atoms with Crippen LogP contribution >= 0.6 is 0 Å². The third-order valence-electron chi connectivity index (χ3n) is 6.38. The average Bonchev–Trinajstić information content (AvgIpc) is 2.66. The number of anilines is 1. The van der Waals surface area contributed by atoms with Crippen LogP contribution < -0.4 is 4.90 Å². The Morgan fingerprint density at radius 3 is 2.59 bits per heavy atom. The minimum atomic E-state index is 0.152. The van der Waals surface area contributed by atoms with Crippen molar-refractivity contribution in [1.29, 1.82) is 0 Å². The summed E-state index contributed by atoms with van der Waals surface area (Å²) in [7, 11) is 0. The molecule has 1 heterocycles. The molecule has 1 aromatic carbocycles. The molecule has 2 aliphatic rings. The summed E-state index contributed by atoms with van der Waals surface area (Å²) in [6, 6.07) is 8.60. The Morgan fingerprint density at radius 1 is 1.19 bits per heavy atom. The Balaban J connectivity index is 1.48. The lowest BCUT2D eigenvalue weighted by atomic mass is 9.75. The highest BCUT2D eigenvalue weighted by Crippen LogP contribution is 2.35. The van der Waals surface area contributed by atoms with Gasteiger partial charge in [-0.1, -0.05) is 39.3 Å². The number of benzene rings is 1. The Labute approximate surface area is 164 Å². The monoisotopic (exact) mass is 372 g/mol. The normalized spacial score (nSPS) is 26.5. The first-order valence-electron chi connectivity index (χ1n) is 10.6. The lowest BCUT2D eigenvalue weighted by Crippen LogP contribution is -2.50. The van der Waals surface area contributed by atoms with Gasteiger partial charge in [0.15, 0.2) is 0 Å². The van der Waals surface area contributed by atoms with Crippen molar-refractivity contribution >= 4 is 11.6 Å². The Kier molecular flexibility index (Phi) is 6.80. The molecule has 1 amide bonds. The van der Waals surface area contributed by atoms with Gasteiger partial charge in [0.2, 0.25) is 5.91 Å². The van der Waals surface area contributed by atoms with E-state index in [1.54, 1.807) is 0 Å². The summed E-state index contributed by atoms with van der Waals surface area (Å²) in [6.45, 7) is 12.6. The van der Waals surface area contributed by atoms with Crippen LogP contribution in [0.4, 0.5) is 5.69 Å². The van der Waals surface area contributed by atoms with E-state index in [0.29, 0.717) is 17.8 Å². The van der Waals surface area contributed by atoms with E-state index in [0.717, 1.165) is 32.6 Å². The summed E-state index contributed by atoms with van der Waals surface area (Å²) in [5, 5.41) is 0. The van der Waals surface area contributed by atoms with E-state index in [-0.39, 0.29) is 18.6 Å². The van der Waals surface area contributed by atoms with Gasteiger partial charge in [0, 0.05) is 31.9 Å². The van der Waals surface area contributed by atoms with Crippen molar-refractivity contribution in [2.75, 3.05) is 37.7 Å². The lowest BCUT2D eigenvalue weighted by Gasteiger charge is -2.38. The first-order valence-corrected chi connectivity index (χ1v) is 10.6. The van der Waals surface area contributed by atoms with Crippen molar-refractivity contribution in [2.45, 2.75) is 53.1 Å². The molecule has 27 heavy (non-hydrogen) atoms. The number of ether oxygens (including phenoxy) is 1. The number of rotatable bonds is 5. The molecule has 3 rings (SSSR count). The number of nitrogens with zero attached hydrogens (tertiary/aromatic N) is 2. The summed E-state index contributed by atoms with van der Waals surface area (Å²) in [4.78, 5) is 17.0. The van der Waals surface area contributed by atoms with Crippen molar-refractivity contribution in [2.24, 2.45) is 17.8 Å². The molecule has 0 unspecified atom stereocenters. The van der Waals surface area contributed by atoms with E-state index in [1.807, 2.05) is 4.90 Å². The Morgan fingerprint density at radius 2 is 1.93 bits per heavy atom. The van der Waals surface area contributed by atoms with Gasteiger partial charge in [-0.05, 0) is 55.2 Å². The van der Waals surface area contributed by atoms with Crippen LogP contribution in [0.5, 0.6) is 0 Å². The fourth-order valence-corrected chi connectivity index (χ4v) is 4.61. The maximum Gasteiger partial charge on any atom is 0.248 e. The third-order valence-corrected chi connectivity index (χ3v) is 6.38. The number of amides is 1. The van der Waals surface area contributed by atoms with Crippen LogP contribution in [0, 0.1) is 24.7 Å². The number of hydrogen-bond donors (Lipinski definition) is 0. The van der Waals surface area contributed by atoms with Crippen LogP contribution in [-0.4, -0.2) is 49.7 Å². The molecule has 150 valence electrons. The third kappa shape index (κ3) is 5.25. The largest absolute Gasteiger partial charge is 0.368 e. The molecule has 2 fully saturated rings. The van der Waals surface area contributed by atoms with Crippen LogP contribution in [0.25, 0.3) is 0 Å². The van der Waals surface area contributed by atoms with Gasteiger partial charge in [-0.15, -0.1) is 0 Å². The molecule has 1 saturated carbocycles. The molecule has 4 heteroatoms. The quantitative estimate of drug-likeness (QED) is 0.779. The number of hydrogen-bond acceptors (Lipinski definition) is 3. The smallest absolute Gasteiger partial charge is 0.248 e. The fraction of sp³-hybridized carbons (Fsp3) is 0.696. The second-order valence-corrected chi connectivity index (χ2v) is 8.88. The van der Waals surface area contributed by atoms with E-state index in [4.69, 9.17) is 4.74 Å². The summed E-state index contributed by atoms with van der Waals surface area (Å²) >= 11 is 0. The molecule has 0 aromatic heterocycles. The number of carbonyl (C=O) groups is 1. The van der Waals surface area contributed by atoms with Gasteiger partial charge < -0.3 is 14.5 Å². The second-order valence-electron chi connectivity index (χ2n) is 8.88. The van der Waals surface area contributed by atoms with E-state index in [9.17, 15) is 4.79 Å². The zero-order valence-corrected chi connectivity index (χ0v) is 17.5. The maximum absolute atomic E-state index is 12.7. The SMILES string of the molecule is Cc1cccc(N2CCN(C(=O)CO[C@@H]3C[C@@H](C)CC[C@H]3C(C)C)CC2)c1. The molecule has 1 aliphatic heterocycles. The molecule has 1 aromatic rings. The maximum atomic E-state index is 12.7. The molecular formula is C23H36N2O2. The van der Waals surface area contributed by atoms with E-state index in [2.05, 4.69) is 56.9 Å². The van der Waals surface area contributed by atoms with E-state index in [1.165, 1.54) is 24.1 Å².